The first-order valence-electron chi connectivity index (χ1n) is 10.7. The summed E-state index contributed by atoms with van der Waals surface area (Å²) in [6.45, 7) is 3.41. The first kappa shape index (κ1) is 21.8. The Morgan fingerprint density at radius 3 is 2.90 bits per heavy atom. The molecule has 2 aromatic rings. The molecule has 0 unspecified atom stereocenters. The molecule has 1 saturated heterocycles. The van der Waals surface area contributed by atoms with Crippen molar-refractivity contribution in [3.8, 4) is 0 Å². The van der Waals surface area contributed by atoms with E-state index in [0.29, 0.717) is 19.6 Å². The Morgan fingerprint density at radius 2 is 2.06 bits per heavy atom. The van der Waals surface area contributed by atoms with E-state index in [0.717, 1.165) is 32.4 Å². The molecule has 0 saturated carbocycles. The number of aliphatic hydroxyl groups is 1. The number of hydrogen-bond acceptors (Lipinski definition) is 5. The number of likely N-dealkylation sites (tertiary alicyclic amines) is 1. The number of urea groups is 1. The van der Waals surface area contributed by atoms with E-state index in [1.165, 1.54) is 28.1 Å². The van der Waals surface area contributed by atoms with E-state index in [1.54, 1.807) is 4.90 Å². The van der Waals surface area contributed by atoms with Crippen LogP contribution in [-0.2, 0) is 13.0 Å². The highest BCUT2D eigenvalue weighted by Crippen LogP contribution is 2.20. The second-order valence-corrected chi connectivity index (χ2v) is 8.67. The van der Waals surface area contributed by atoms with Crippen molar-refractivity contribution in [2.24, 2.45) is 0 Å². The molecule has 0 aliphatic carbocycles. The first-order chi connectivity index (χ1) is 15.0. The third-order valence-corrected chi connectivity index (χ3v) is 6.31. The summed E-state index contributed by atoms with van der Waals surface area (Å²) in [5.74, 6) is 0. The maximum absolute atomic E-state index is 12.6. The van der Waals surface area contributed by atoms with E-state index in [1.807, 2.05) is 6.07 Å². The van der Waals surface area contributed by atoms with Crippen molar-refractivity contribution >= 4 is 17.6 Å². The molecule has 2 atom stereocenters. The van der Waals surface area contributed by atoms with Gasteiger partial charge in [-0.25, -0.2) is 9.48 Å². The number of β-amino-alcohol motifs (C(OH)–C–C–N with tert-alkyl or cyclic N) is 1. The molecule has 9 heteroatoms. The maximum Gasteiger partial charge on any atom is 0.317 e. The van der Waals surface area contributed by atoms with Crippen LogP contribution in [0.1, 0.15) is 30.0 Å². The molecule has 1 aromatic heterocycles. The second-order valence-electron chi connectivity index (χ2n) is 8.26. The smallest absolute Gasteiger partial charge is 0.317 e. The summed E-state index contributed by atoms with van der Waals surface area (Å²) in [7, 11) is 0. The monoisotopic (exact) mass is 445 g/mol. The number of nitrogens with one attached hydrogen (secondary N) is 1. The molecule has 1 fully saturated rings. The normalized spacial score (nSPS) is 20.2. The number of fused-ring (bicyclic) bond motifs is 1. The minimum absolute atomic E-state index is 0.125. The van der Waals surface area contributed by atoms with Crippen LogP contribution in [-0.4, -0.2) is 69.5 Å². The molecule has 166 valence electrons. The number of carbonyl (C=O) groups excluding carboxylic acids is 1. The van der Waals surface area contributed by atoms with Crippen LogP contribution in [0.15, 0.2) is 41.3 Å². The van der Waals surface area contributed by atoms with Crippen LogP contribution in [0, 0.1) is 0 Å². The lowest BCUT2D eigenvalue weighted by atomic mass is 10.00. The van der Waals surface area contributed by atoms with Crippen molar-refractivity contribution < 1.29 is 9.90 Å². The zero-order chi connectivity index (χ0) is 21.8. The summed E-state index contributed by atoms with van der Waals surface area (Å²) in [5, 5.41) is 17.5. The van der Waals surface area contributed by atoms with Gasteiger partial charge in [0, 0.05) is 45.5 Å². The predicted octanol–water partition coefficient (Wildman–Crippen LogP) is 1.66. The zero-order valence-electron chi connectivity index (χ0n) is 17.4. The van der Waals surface area contributed by atoms with E-state index in [9.17, 15) is 14.7 Å². The topological polar surface area (TPSA) is 90.7 Å². The Labute approximate surface area is 186 Å². The number of rotatable bonds is 5. The van der Waals surface area contributed by atoms with Gasteiger partial charge in [-0.15, -0.1) is 0 Å². The molecular weight excluding hydrogens is 418 g/mol. The van der Waals surface area contributed by atoms with Crippen LogP contribution in [0.4, 0.5) is 4.79 Å². The van der Waals surface area contributed by atoms with Crippen molar-refractivity contribution in [2.75, 3.05) is 32.7 Å². The van der Waals surface area contributed by atoms with Gasteiger partial charge in [0.05, 0.1) is 12.1 Å². The highest BCUT2D eigenvalue weighted by molar-refractivity contribution is 6.30. The highest BCUT2D eigenvalue weighted by atomic mass is 35.5. The number of benzene rings is 1. The third-order valence-electron chi connectivity index (χ3n) is 6.02. The van der Waals surface area contributed by atoms with Crippen LogP contribution >= 0.6 is 11.6 Å². The van der Waals surface area contributed by atoms with Crippen molar-refractivity contribution in [3.63, 3.8) is 0 Å². The van der Waals surface area contributed by atoms with E-state index in [-0.39, 0.29) is 29.2 Å². The van der Waals surface area contributed by atoms with E-state index in [4.69, 9.17) is 11.6 Å². The number of piperidine rings is 1. The molecular formula is C22H28ClN5O3. The van der Waals surface area contributed by atoms with Crippen molar-refractivity contribution in [3.05, 3.63) is 63.0 Å². The molecule has 3 heterocycles. The van der Waals surface area contributed by atoms with Crippen LogP contribution in [0.25, 0.3) is 0 Å². The number of amides is 2. The largest absolute Gasteiger partial charge is 0.390 e. The van der Waals surface area contributed by atoms with Crippen LogP contribution in [0.5, 0.6) is 0 Å². The summed E-state index contributed by atoms with van der Waals surface area (Å²) in [6, 6.07) is 9.41. The van der Waals surface area contributed by atoms with Gasteiger partial charge in [-0.05, 0) is 36.5 Å². The maximum atomic E-state index is 12.6. The van der Waals surface area contributed by atoms with Gasteiger partial charge in [-0.2, -0.15) is 5.10 Å². The molecule has 2 N–H and O–H groups in total. The third kappa shape index (κ3) is 5.26. The average molecular weight is 446 g/mol. The lowest BCUT2D eigenvalue weighted by molar-refractivity contribution is 0.101. The van der Waals surface area contributed by atoms with E-state index >= 15 is 0 Å². The van der Waals surface area contributed by atoms with Crippen molar-refractivity contribution in [1.82, 2.24) is 24.9 Å². The number of hydrogen-bond donors (Lipinski definition) is 2. The van der Waals surface area contributed by atoms with Gasteiger partial charge in [0.15, 0.2) is 0 Å². The molecule has 31 heavy (non-hydrogen) atoms. The first-order valence-corrected chi connectivity index (χ1v) is 11.1. The summed E-state index contributed by atoms with van der Waals surface area (Å²) >= 11 is 5.93. The highest BCUT2D eigenvalue weighted by Gasteiger charge is 2.27. The molecule has 1 aromatic carbocycles. The lowest BCUT2D eigenvalue weighted by Crippen LogP contribution is -2.50. The molecule has 0 radical (unpaired) electrons. The fourth-order valence-corrected chi connectivity index (χ4v) is 4.54. The molecule has 0 spiro atoms. The minimum atomic E-state index is -0.646. The molecule has 2 aliphatic rings. The van der Waals surface area contributed by atoms with Gasteiger partial charge in [0.1, 0.15) is 5.02 Å². The second kappa shape index (κ2) is 9.80. The number of nitrogens with zero attached hydrogens (tertiary/aromatic N) is 4. The van der Waals surface area contributed by atoms with E-state index in [2.05, 4.69) is 33.5 Å². The minimum Gasteiger partial charge on any atom is -0.390 e. The molecule has 0 bridgehead atoms. The Balaban J connectivity index is 1.26. The SMILES string of the molecule is O=C(NC[C@H](O)CN1CCc2ccccc2C1)N1CCC[C@@H](n2nccc(Cl)c2=O)C1. The quantitative estimate of drug-likeness (QED) is 0.730. The number of aromatic nitrogens is 2. The molecule has 4 rings (SSSR count). The van der Waals surface area contributed by atoms with Crippen LogP contribution < -0.4 is 10.9 Å². The number of aliphatic hydroxyl groups excluding tert-OH is 1. The fraction of sp³-hybridized carbons (Fsp3) is 0.500. The lowest BCUT2D eigenvalue weighted by Gasteiger charge is -2.33. The standard InChI is InChI=1S/C22H28ClN5O3/c23-20-7-9-25-28(21(20)30)18-6-3-10-27(14-18)22(31)24-12-19(29)15-26-11-8-16-4-1-2-5-17(16)13-26/h1-2,4-5,7,9,18-19,29H,3,6,8,10-15H2,(H,24,31)/t18-,19+/m1/s1. The van der Waals surface area contributed by atoms with Gasteiger partial charge < -0.3 is 15.3 Å². The summed E-state index contributed by atoms with van der Waals surface area (Å²) < 4.78 is 1.37. The summed E-state index contributed by atoms with van der Waals surface area (Å²) in [5.41, 5.74) is 2.33. The van der Waals surface area contributed by atoms with Crippen molar-refractivity contribution in [2.45, 2.75) is 38.0 Å². The molecule has 8 nitrogen and oxygen atoms in total. The molecule has 2 amide bonds. The predicted molar refractivity (Wildman–Crippen MR) is 118 cm³/mol. The van der Waals surface area contributed by atoms with Gasteiger partial charge >= 0.3 is 6.03 Å². The van der Waals surface area contributed by atoms with Gasteiger partial charge in [-0.1, -0.05) is 35.9 Å². The number of halogens is 1. The van der Waals surface area contributed by atoms with Crippen LogP contribution in [0.3, 0.4) is 0 Å². The average Bonchev–Trinajstić information content (AvgIpc) is 2.79. The Bertz CT molecular complexity index is 982. The van der Waals surface area contributed by atoms with Gasteiger partial charge in [-0.3, -0.25) is 9.69 Å². The zero-order valence-corrected chi connectivity index (χ0v) is 18.2. The van der Waals surface area contributed by atoms with Crippen molar-refractivity contribution in [1.29, 1.82) is 0 Å². The van der Waals surface area contributed by atoms with Gasteiger partial charge in [0.25, 0.3) is 5.56 Å². The summed E-state index contributed by atoms with van der Waals surface area (Å²) in [4.78, 5) is 28.8. The molecule has 2 aliphatic heterocycles. The van der Waals surface area contributed by atoms with Crippen LogP contribution in [0.2, 0.25) is 5.02 Å². The Morgan fingerprint density at radius 1 is 1.26 bits per heavy atom. The number of carbonyl (C=O) groups is 1. The fourth-order valence-electron chi connectivity index (χ4n) is 4.39. The summed E-state index contributed by atoms with van der Waals surface area (Å²) in [6.07, 6.45) is 3.36. The van der Waals surface area contributed by atoms with Gasteiger partial charge in [0.2, 0.25) is 0 Å². The van der Waals surface area contributed by atoms with E-state index < -0.39 is 6.10 Å². The Hall–Kier alpha value is -2.42. The Kier molecular flexibility index (Phi) is 6.89.